The number of unbranched alkanes of at least 4 members (excludes halogenated alkanes) is 39. The maximum Gasteiger partial charge on any atom is 0.305 e. The number of rotatable bonds is 52. The minimum Gasteiger partial charge on any atom is -0.466 e. The van der Waals surface area contributed by atoms with Crippen molar-refractivity contribution in [1.82, 2.24) is 5.32 Å². The number of carbonyl (C=O) groups is 2. The van der Waals surface area contributed by atoms with E-state index >= 15 is 0 Å². The number of ether oxygens (including phenoxy) is 1. The van der Waals surface area contributed by atoms with Gasteiger partial charge >= 0.3 is 5.97 Å². The summed E-state index contributed by atoms with van der Waals surface area (Å²) in [5.41, 5.74) is 0. The first kappa shape index (κ1) is 61.3. The summed E-state index contributed by atoms with van der Waals surface area (Å²) in [6, 6.07) is -0.653. The molecule has 2 unspecified atom stereocenters. The molecule has 6 heteroatoms. The second kappa shape index (κ2) is 53.0. The monoisotopic (exact) mass is 888 g/mol. The highest BCUT2D eigenvalue weighted by molar-refractivity contribution is 5.76. The average Bonchev–Trinajstić information content (AvgIpc) is 3.28. The van der Waals surface area contributed by atoms with Gasteiger partial charge in [0.1, 0.15) is 0 Å². The average molecular weight is 889 g/mol. The molecule has 0 rings (SSSR count). The van der Waals surface area contributed by atoms with E-state index in [2.05, 4.69) is 31.3 Å². The number of esters is 1. The van der Waals surface area contributed by atoms with E-state index in [1.807, 2.05) is 6.08 Å². The highest BCUT2D eigenvalue weighted by Gasteiger charge is 2.18. The molecule has 0 saturated carbocycles. The molecule has 0 spiro atoms. The molecule has 0 fully saturated rings. The van der Waals surface area contributed by atoms with Gasteiger partial charge in [0.05, 0.1) is 25.4 Å². The van der Waals surface area contributed by atoms with E-state index in [1.54, 1.807) is 6.08 Å². The van der Waals surface area contributed by atoms with Crippen molar-refractivity contribution in [2.75, 3.05) is 13.2 Å². The number of carbonyl (C=O) groups excluding carboxylic acids is 2. The van der Waals surface area contributed by atoms with Gasteiger partial charge in [0, 0.05) is 12.8 Å². The molecule has 1 amide bonds. The summed E-state index contributed by atoms with van der Waals surface area (Å²) in [5, 5.41) is 23.1. The molecule has 0 heterocycles. The summed E-state index contributed by atoms with van der Waals surface area (Å²) in [5.74, 6) is -0.136. The fourth-order valence-electron chi connectivity index (χ4n) is 8.63. The number of nitrogens with one attached hydrogen (secondary N) is 1. The highest BCUT2D eigenvalue weighted by atomic mass is 16.5. The zero-order valence-electron chi connectivity index (χ0n) is 42.3. The van der Waals surface area contributed by atoms with Crippen LogP contribution in [-0.2, 0) is 14.3 Å². The number of aliphatic hydroxyl groups is 2. The molecule has 0 radical (unpaired) electrons. The molecule has 372 valence electrons. The molecule has 3 N–H and O–H groups in total. The lowest BCUT2D eigenvalue weighted by Gasteiger charge is -2.20. The van der Waals surface area contributed by atoms with Crippen LogP contribution in [0.1, 0.15) is 303 Å². The predicted octanol–water partition coefficient (Wildman–Crippen LogP) is 17.1. The van der Waals surface area contributed by atoms with Crippen molar-refractivity contribution in [3.05, 3.63) is 24.3 Å². The smallest absolute Gasteiger partial charge is 0.305 e. The summed E-state index contributed by atoms with van der Waals surface area (Å²) in [6.45, 7) is 4.83. The first-order valence-electron chi connectivity index (χ1n) is 28.1. The minimum absolute atomic E-state index is 0.0351. The second-order valence-electron chi connectivity index (χ2n) is 19.3. The summed E-state index contributed by atoms with van der Waals surface area (Å²) in [7, 11) is 0. The first-order chi connectivity index (χ1) is 31.0. The van der Waals surface area contributed by atoms with Crippen LogP contribution >= 0.6 is 0 Å². The van der Waals surface area contributed by atoms with Gasteiger partial charge in [-0.05, 0) is 57.8 Å². The molecule has 0 aliphatic rings. The maximum atomic E-state index is 12.5. The van der Waals surface area contributed by atoms with Crippen molar-refractivity contribution in [1.29, 1.82) is 0 Å². The minimum atomic E-state index is -0.866. The third-order valence-corrected chi connectivity index (χ3v) is 13.0. The number of amides is 1. The SMILES string of the molecule is CCCCCCCCCCCCCCCCCCCCC/C=C/C(O)C(CO)NC(=O)CCCCCC/C=C\CCCCOC(=O)CCCCCCCCCCCCCCCCC. The fourth-order valence-corrected chi connectivity index (χ4v) is 8.63. The zero-order chi connectivity index (χ0) is 45.8. The Kier molecular flexibility index (Phi) is 51.6. The van der Waals surface area contributed by atoms with Gasteiger partial charge in [-0.25, -0.2) is 0 Å². The first-order valence-corrected chi connectivity index (χ1v) is 28.1. The number of aliphatic hydroxyl groups excluding tert-OH is 2. The van der Waals surface area contributed by atoms with Crippen molar-refractivity contribution in [3.63, 3.8) is 0 Å². The van der Waals surface area contributed by atoms with E-state index in [9.17, 15) is 19.8 Å². The van der Waals surface area contributed by atoms with E-state index in [4.69, 9.17) is 4.74 Å². The van der Waals surface area contributed by atoms with Gasteiger partial charge in [-0.15, -0.1) is 0 Å². The van der Waals surface area contributed by atoms with Crippen LogP contribution in [0.5, 0.6) is 0 Å². The number of hydrogen-bond acceptors (Lipinski definition) is 5. The van der Waals surface area contributed by atoms with Crippen molar-refractivity contribution >= 4 is 11.9 Å². The molecular formula is C57H109NO5. The highest BCUT2D eigenvalue weighted by Crippen LogP contribution is 2.17. The molecule has 0 aromatic heterocycles. The largest absolute Gasteiger partial charge is 0.466 e. The van der Waals surface area contributed by atoms with Crippen LogP contribution in [0, 0.1) is 0 Å². The Morgan fingerprint density at radius 2 is 0.746 bits per heavy atom. The van der Waals surface area contributed by atoms with E-state index < -0.39 is 12.1 Å². The van der Waals surface area contributed by atoms with Crippen LogP contribution < -0.4 is 5.32 Å². The van der Waals surface area contributed by atoms with E-state index in [0.717, 1.165) is 77.0 Å². The van der Waals surface area contributed by atoms with Crippen LogP contribution in [-0.4, -0.2) is 47.4 Å². The molecule has 63 heavy (non-hydrogen) atoms. The molecule has 0 aromatic rings. The summed E-state index contributed by atoms with van der Waals surface area (Å²) in [4.78, 5) is 24.5. The maximum absolute atomic E-state index is 12.5. The molecular weight excluding hydrogens is 779 g/mol. The van der Waals surface area contributed by atoms with Crippen LogP contribution in [0.25, 0.3) is 0 Å². The third kappa shape index (κ3) is 49.6. The van der Waals surface area contributed by atoms with E-state index in [-0.39, 0.29) is 18.5 Å². The van der Waals surface area contributed by atoms with Gasteiger partial charge in [-0.1, -0.05) is 256 Å². The Hall–Kier alpha value is -1.66. The van der Waals surface area contributed by atoms with Crippen LogP contribution in [0.2, 0.25) is 0 Å². The number of hydrogen-bond donors (Lipinski definition) is 3. The number of allylic oxidation sites excluding steroid dienone is 3. The van der Waals surface area contributed by atoms with Crippen molar-refractivity contribution in [2.24, 2.45) is 0 Å². The topological polar surface area (TPSA) is 95.9 Å². The Morgan fingerprint density at radius 1 is 0.429 bits per heavy atom. The quantitative estimate of drug-likeness (QED) is 0.0321. The standard InChI is InChI=1S/C57H109NO5/c1-3-5-7-9-11-13-15-17-19-20-21-22-23-24-26-27-29-33-37-41-45-49-55(60)54(53-59)58-56(61)50-46-42-38-34-31-32-36-40-44-48-52-63-57(62)51-47-43-39-35-30-28-25-18-16-14-12-10-8-6-4-2/h32,36,45,49,54-55,59-60H,3-31,33-35,37-44,46-48,50-53H2,1-2H3,(H,58,61)/b36-32-,49-45+. The van der Waals surface area contributed by atoms with Gasteiger partial charge in [0.25, 0.3) is 0 Å². The van der Waals surface area contributed by atoms with Crippen molar-refractivity contribution in [3.8, 4) is 0 Å². The third-order valence-electron chi connectivity index (χ3n) is 13.0. The van der Waals surface area contributed by atoms with Gasteiger partial charge in [0.15, 0.2) is 0 Å². The Balaban J connectivity index is 3.54. The van der Waals surface area contributed by atoms with Gasteiger partial charge < -0.3 is 20.3 Å². The molecule has 6 nitrogen and oxygen atoms in total. The molecule has 0 aromatic carbocycles. The van der Waals surface area contributed by atoms with Crippen LogP contribution in [0.4, 0.5) is 0 Å². The molecule has 0 saturated heterocycles. The zero-order valence-corrected chi connectivity index (χ0v) is 42.3. The summed E-state index contributed by atoms with van der Waals surface area (Å²) < 4.78 is 5.44. The lowest BCUT2D eigenvalue weighted by Crippen LogP contribution is -2.45. The van der Waals surface area contributed by atoms with Crippen LogP contribution in [0.15, 0.2) is 24.3 Å². The predicted molar refractivity (Wildman–Crippen MR) is 273 cm³/mol. The van der Waals surface area contributed by atoms with Crippen LogP contribution in [0.3, 0.4) is 0 Å². The lowest BCUT2D eigenvalue weighted by molar-refractivity contribution is -0.143. The Morgan fingerprint density at radius 3 is 1.13 bits per heavy atom. The van der Waals surface area contributed by atoms with Gasteiger partial charge in [0.2, 0.25) is 5.91 Å². The fraction of sp³-hybridized carbons (Fsp3) is 0.895. The normalized spacial score (nSPS) is 12.8. The molecule has 0 aliphatic heterocycles. The second-order valence-corrected chi connectivity index (χ2v) is 19.3. The van der Waals surface area contributed by atoms with Gasteiger partial charge in [-0.2, -0.15) is 0 Å². The summed E-state index contributed by atoms with van der Waals surface area (Å²) in [6.07, 6.45) is 63.4. The van der Waals surface area contributed by atoms with E-state index in [1.165, 1.54) is 199 Å². The van der Waals surface area contributed by atoms with Gasteiger partial charge in [-0.3, -0.25) is 9.59 Å². The molecule has 2 atom stereocenters. The van der Waals surface area contributed by atoms with Crippen molar-refractivity contribution < 1.29 is 24.5 Å². The molecule has 0 aliphatic carbocycles. The van der Waals surface area contributed by atoms with Crippen molar-refractivity contribution in [2.45, 2.75) is 315 Å². The molecule has 0 bridgehead atoms. The Labute approximate surface area is 392 Å². The van der Waals surface area contributed by atoms with E-state index in [0.29, 0.717) is 19.4 Å². The Bertz CT molecular complexity index is 982. The summed E-state index contributed by atoms with van der Waals surface area (Å²) >= 11 is 0. The lowest BCUT2D eigenvalue weighted by atomic mass is 10.0.